The highest BCUT2D eigenvalue weighted by molar-refractivity contribution is 5.93. The van der Waals surface area contributed by atoms with Gasteiger partial charge in [-0.05, 0) is 61.9 Å². The molecular weight excluding hydrogens is 509 g/mol. The van der Waals surface area contributed by atoms with Crippen molar-refractivity contribution < 1.29 is 18.0 Å². The minimum atomic E-state index is -4.64. The van der Waals surface area contributed by atoms with Crippen LogP contribution in [0.25, 0.3) is 17.1 Å². The van der Waals surface area contributed by atoms with Gasteiger partial charge in [0.2, 0.25) is 11.9 Å². The van der Waals surface area contributed by atoms with Gasteiger partial charge >= 0.3 is 6.18 Å². The summed E-state index contributed by atoms with van der Waals surface area (Å²) in [4.78, 5) is 34.8. The maximum atomic E-state index is 14.1. The van der Waals surface area contributed by atoms with Gasteiger partial charge in [0, 0.05) is 47.9 Å². The SMILES string of the molecule is Cc1cnc(N(c2ccc(C(N)=O)cc2)c2cc(-n3ccnc3C)cc(C(F)(F)F)c2)nc1-c1cnccn1. The van der Waals surface area contributed by atoms with Gasteiger partial charge in [0.25, 0.3) is 0 Å². The molecule has 3 aromatic heterocycles. The fraction of sp³-hybridized carbons (Fsp3) is 0.111. The van der Waals surface area contributed by atoms with Gasteiger partial charge in [-0.1, -0.05) is 0 Å². The number of rotatable bonds is 6. The van der Waals surface area contributed by atoms with Crippen LogP contribution in [0.5, 0.6) is 0 Å². The van der Waals surface area contributed by atoms with Gasteiger partial charge in [-0.3, -0.25) is 19.7 Å². The third kappa shape index (κ3) is 5.17. The summed E-state index contributed by atoms with van der Waals surface area (Å²) < 4.78 is 43.8. The molecule has 2 N–H and O–H groups in total. The van der Waals surface area contributed by atoms with Crippen molar-refractivity contribution in [3.63, 3.8) is 0 Å². The zero-order valence-electron chi connectivity index (χ0n) is 20.8. The van der Waals surface area contributed by atoms with E-state index in [1.165, 1.54) is 41.8 Å². The summed E-state index contributed by atoms with van der Waals surface area (Å²) in [6.07, 6.45) is 4.58. The summed E-state index contributed by atoms with van der Waals surface area (Å²) >= 11 is 0. The number of anilines is 3. The summed E-state index contributed by atoms with van der Waals surface area (Å²) in [5, 5.41) is 0. The minimum absolute atomic E-state index is 0.0840. The number of primary amides is 1. The second-order valence-electron chi connectivity index (χ2n) is 8.62. The predicted molar refractivity (Wildman–Crippen MR) is 138 cm³/mol. The number of halogens is 3. The number of carbonyl (C=O) groups is 1. The third-order valence-electron chi connectivity index (χ3n) is 5.97. The lowest BCUT2D eigenvalue weighted by molar-refractivity contribution is -0.137. The molecule has 0 saturated heterocycles. The summed E-state index contributed by atoms with van der Waals surface area (Å²) in [5.74, 6) is -0.0450. The molecule has 2 aromatic carbocycles. The molecule has 1 amide bonds. The number of hydrogen-bond acceptors (Lipinski definition) is 7. The van der Waals surface area contributed by atoms with Gasteiger partial charge < -0.3 is 10.3 Å². The van der Waals surface area contributed by atoms with Crippen molar-refractivity contribution in [2.75, 3.05) is 4.90 Å². The number of imidazole rings is 1. The number of aryl methyl sites for hydroxylation is 2. The highest BCUT2D eigenvalue weighted by atomic mass is 19.4. The number of carbonyl (C=O) groups excluding carboxylic acids is 1. The average molecular weight is 531 g/mol. The molecular formula is C27H21F3N8O. The van der Waals surface area contributed by atoms with Crippen LogP contribution in [0.3, 0.4) is 0 Å². The summed E-state index contributed by atoms with van der Waals surface area (Å²) in [5.41, 5.74) is 7.18. The number of benzene rings is 2. The van der Waals surface area contributed by atoms with E-state index in [0.29, 0.717) is 28.5 Å². The standard InChI is InChI=1S/C27H21F3N8O/c1-16-14-35-26(36-24(16)23-15-32-7-8-34-23)38(20-5-3-18(4-6-20)25(31)39)22-12-19(27(28,29)30)11-21(13-22)37-10-9-33-17(37)2/h3-15H,1-2H3,(H2,31,39). The first-order chi connectivity index (χ1) is 18.6. The van der Waals surface area contributed by atoms with E-state index in [2.05, 4.69) is 24.9 Å². The van der Waals surface area contributed by atoms with Crippen molar-refractivity contribution >= 4 is 23.2 Å². The van der Waals surface area contributed by atoms with Crippen molar-refractivity contribution in [1.29, 1.82) is 0 Å². The Morgan fingerprint density at radius 3 is 2.31 bits per heavy atom. The number of hydrogen-bond donors (Lipinski definition) is 1. The molecule has 0 bridgehead atoms. The minimum Gasteiger partial charge on any atom is -0.366 e. The fourth-order valence-electron chi connectivity index (χ4n) is 4.05. The summed E-state index contributed by atoms with van der Waals surface area (Å²) in [6, 6.07) is 9.74. The van der Waals surface area contributed by atoms with Gasteiger partial charge in [0.1, 0.15) is 11.5 Å². The van der Waals surface area contributed by atoms with Crippen LogP contribution in [0.2, 0.25) is 0 Å². The van der Waals surface area contributed by atoms with E-state index in [-0.39, 0.29) is 22.9 Å². The molecule has 196 valence electrons. The second kappa shape index (κ2) is 9.97. The van der Waals surface area contributed by atoms with Crippen LogP contribution in [-0.2, 0) is 6.18 Å². The number of nitrogens with two attached hydrogens (primary N) is 1. The number of aromatic nitrogens is 6. The lowest BCUT2D eigenvalue weighted by Gasteiger charge is -2.25. The quantitative estimate of drug-likeness (QED) is 0.316. The maximum Gasteiger partial charge on any atom is 0.416 e. The van der Waals surface area contributed by atoms with E-state index in [1.807, 2.05) is 0 Å². The zero-order chi connectivity index (χ0) is 27.7. The predicted octanol–water partition coefficient (Wildman–Crippen LogP) is 5.32. The average Bonchev–Trinajstić information content (AvgIpc) is 3.35. The van der Waals surface area contributed by atoms with Gasteiger partial charge in [-0.15, -0.1) is 0 Å². The van der Waals surface area contributed by atoms with Gasteiger partial charge in [0.15, 0.2) is 0 Å². The van der Waals surface area contributed by atoms with Crippen LogP contribution in [0, 0.1) is 13.8 Å². The fourth-order valence-corrected chi connectivity index (χ4v) is 4.05. The Bertz CT molecular complexity index is 1650. The molecule has 0 spiro atoms. The summed E-state index contributed by atoms with van der Waals surface area (Å²) in [6.45, 7) is 3.49. The Morgan fingerprint density at radius 2 is 1.69 bits per heavy atom. The lowest BCUT2D eigenvalue weighted by atomic mass is 10.1. The molecule has 0 saturated carbocycles. The molecule has 12 heteroatoms. The Hall–Kier alpha value is -5.13. The first kappa shape index (κ1) is 25.5. The van der Waals surface area contributed by atoms with E-state index in [9.17, 15) is 18.0 Å². The molecule has 3 heterocycles. The first-order valence-corrected chi connectivity index (χ1v) is 11.6. The van der Waals surface area contributed by atoms with Crippen LogP contribution in [0.4, 0.5) is 30.5 Å². The molecule has 0 atom stereocenters. The number of amides is 1. The van der Waals surface area contributed by atoms with E-state index in [4.69, 9.17) is 5.73 Å². The molecule has 0 radical (unpaired) electrons. The highest BCUT2D eigenvalue weighted by Gasteiger charge is 2.33. The molecule has 9 nitrogen and oxygen atoms in total. The topological polar surface area (TPSA) is 116 Å². The van der Waals surface area contributed by atoms with E-state index < -0.39 is 17.6 Å². The monoisotopic (exact) mass is 530 g/mol. The molecule has 0 aliphatic rings. The van der Waals surface area contributed by atoms with Crippen LogP contribution in [-0.4, -0.2) is 35.4 Å². The number of nitrogens with zero attached hydrogens (tertiary/aromatic N) is 7. The maximum absolute atomic E-state index is 14.1. The Kier molecular flexibility index (Phi) is 6.52. The van der Waals surface area contributed by atoms with Gasteiger partial charge in [-0.2, -0.15) is 13.2 Å². The van der Waals surface area contributed by atoms with E-state index in [0.717, 1.165) is 12.1 Å². The Labute approximate surface area is 220 Å². The summed E-state index contributed by atoms with van der Waals surface area (Å²) in [7, 11) is 0. The normalized spacial score (nSPS) is 11.4. The van der Waals surface area contributed by atoms with Crippen molar-refractivity contribution in [3.05, 3.63) is 102 Å². The van der Waals surface area contributed by atoms with Crippen LogP contribution in [0.15, 0.2) is 79.6 Å². The van der Waals surface area contributed by atoms with E-state index in [1.54, 1.807) is 49.0 Å². The third-order valence-corrected chi connectivity index (χ3v) is 5.97. The molecule has 5 aromatic rings. The molecule has 0 fully saturated rings. The van der Waals surface area contributed by atoms with Crippen molar-refractivity contribution in [3.8, 4) is 17.1 Å². The molecule has 0 unspecified atom stereocenters. The highest BCUT2D eigenvalue weighted by Crippen LogP contribution is 2.39. The molecule has 39 heavy (non-hydrogen) atoms. The van der Waals surface area contributed by atoms with Crippen molar-refractivity contribution in [2.45, 2.75) is 20.0 Å². The van der Waals surface area contributed by atoms with E-state index >= 15 is 0 Å². The lowest BCUT2D eigenvalue weighted by Crippen LogP contribution is -2.17. The second-order valence-corrected chi connectivity index (χ2v) is 8.62. The first-order valence-electron chi connectivity index (χ1n) is 11.6. The van der Waals surface area contributed by atoms with Crippen LogP contribution >= 0.6 is 0 Å². The van der Waals surface area contributed by atoms with Gasteiger partial charge in [-0.25, -0.2) is 15.0 Å². The largest absolute Gasteiger partial charge is 0.416 e. The zero-order valence-corrected chi connectivity index (χ0v) is 20.8. The van der Waals surface area contributed by atoms with Crippen molar-refractivity contribution in [1.82, 2.24) is 29.5 Å². The smallest absolute Gasteiger partial charge is 0.366 e. The van der Waals surface area contributed by atoms with Crippen molar-refractivity contribution in [2.24, 2.45) is 5.73 Å². The van der Waals surface area contributed by atoms with Crippen LogP contribution < -0.4 is 10.6 Å². The Balaban J connectivity index is 1.76. The number of alkyl halides is 3. The van der Waals surface area contributed by atoms with Crippen LogP contribution in [0.1, 0.15) is 27.3 Å². The molecule has 0 aliphatic heterocycles. The molecule has 5 rings (SSSR count). The Morgan fingerprint density at radius 1 is 0.923 bits per heavy atom. The van der Waals surface area contributed by atoms with Gasteiger partial charge in [0.05, 0.1) is 23.1 Å². The molecule has 0 aliphatic carbocycles.